The summed E-state index contributed by atoms with van der Waals surface area (Å²) in [6.07, 6.45) is 7.70. The summed E-state index contributed by atoms with van der Waals surface area (Å²) < 4.78 is 5.65. The van der Waals surface area contributed by atoms with Crippen LogP contribution in [0.1, 0.15) is 42.1 Å². The van der Waals surface area contributed by atoms with Crippen LogP contribution in [-0.2, 0) is 16.0 Å². The second-order valence-corrected chi connectivity index (χ2v) is 10.1. The van der Waals surface area contributed by atoms with Gasteiger partial charge in [0, 0.05) is 25.4 Å². The number of carbonyl (C=O) groups is 3. The van der Waals surface area contributed by atoms with Crippen molar-refractivity contribution in [2.45, 2.75) is 44.7 Å². The van der Waals surface area contributed by atoms with Gasteiger partial charge in [0.05, 0.1) is 30.5 Å². The number of ketones is 1. The van der Waals surface area contributed by atoms with Crippen LogP contribution >= 0.6 is 11.6 Å². The molecule has 3 aliphatic carbocycles. The summed E-state index contributed by atoms with van der Waals surface area (Å²) in [6.45, 7) is 1.44. The average molecular weight is 526 g/mol. The highest BCUT2D eigenvalue weighted by Crippen LogP contribution is 2.45. The van der Waals surface area contributed by atoms with Crippen LogP contribution < -0.4 is 20.7 Å². The van der Waals surface area contributed by atoms with Crippen molar-refractivity contribution in [1.29, 1.82) is 0 Å². The van der Waals surface area contributed by atoms with E-state index in [-0.39, 0.29) is 53.0 Å². The highest BCUT2D eigenvalue weighted by molar-refractivity contribution is 6.32. The Labute approximate surface area is 218 Å². The molecule has 2 bridgehead atoms. The molecule has 1 aromatic heterocycles. The Morgan fingerprint density at radius 2 is 2.00 bits per heavy atom. The molecule has 0 saturated heterocycles. The Balaban J connectivity index is 1.40. The Kier molecular flexibility index (Phi) is 6.76. The lowest BCUT2D eigenvalue weighted by molar-refractivity contribution is -0.142. The first kappa shape index (κ1) is 25.0. The first-order valence-corrected chi connectivity index (χ1v) is 12.6. The Hall–Kier alpha value is -3.66. The van der Waals surface area contributed by atoms with E-state index < -0.39 is 11.9 Å². The van der Waals surface area contributed by atoms with E-state index in [4.69, 9.17) is 16.3 Å². The van der Waals surface area contributed by atoms with Crippen LogP contribution in [0.25, 0.3) is 0 Å². The van der Waals surface area contributed by atoms with Gasteiger partial charge < -0.3 is 25.8 Å². The van der Waals surface area contributed by atoms with Crippen molar-refractivity contribution in [1.82, 2.24) is 15.3 Å². The molecule has 1 saturated carbocycles. The van der Waals surface area contributed by atoms with Crippen LogP contribution in [0.15, 0.2) is 30.5 Å². The van der Waals surface area contributed by atoms with E-state index in [9.17, 15) is 19.5 Å². The van der Waals surface area contributed by atoms with Crippen molar-refractivity contribution in [3.05, 3.63) is 46.6 Å². The molecule has 194 valence electrons. The molecular weight excluding hydrogens is 498 g/mol. The molecule has 5 rings (SSSR count). The van der Waals surface area contributed by atoms with Gasteiger partial charge in [0.15, 0.2) is 17.4 Å². The van der Waals surface area contributed by atoms with Crippen molar-refractivity contribution >= 4 is 46.7 Å². The normalized spacial score (nSPS) is 25.8. The van der Waals surface area contributed by atoms with Crippen molar-refractivity contribution in [3.63, 3.8) is 0 Å². The number of methoxy groups -OCH3 is 1. The van der Waals surface area contributed by atoms with Crippen LogP contribution in [0.2, 0.25) is 5.02 Å². The van der Waals surface area contributed by atoms with Crippen molar-refractivity contribution in [2.24, 2.45) is 17.8 Å². The average Bonchev–Trinajstić information content (AvgIpc) is 3.42. The summed E-state index contributed by atoms with van der Waals surface area (Å²) in [6, 6.07) is 3.10. The number of amides is 1. The third-order valence-corrected chi connectivity index (χ3v) is 7.64. The topological polar surface area (TPSA) is 143 Å². The number of hydrogen-bond donors (Lipinski definition) is 4. The number of aryl methyl sites for hydroxylation is 1. The Bertz CT molecular complexity index is 1300. The quantitative estimate of drug-likeness (QED) is 0.315. The van der Waals surface area contributed by atoms with Gasteiger partial charge in [-0.1, -0.05) is 29.8 Å². The lowest BCUT2D eigenvalue weighted by atomic mass is 9.89. The highest BCUT2D eigenvalue weighted by Gasteiger charge is 2.48. The number of fused-ring (bicyclic) bond motifs is 3. The van der Waals surface area contributed by atoms with Gasteiger partial charge in [-0.2, -0.15) is 4.98 Å². The number of nitrogens with zero attached hydrogens (tertiary/aromatic N) is 2. The molecule has 1 aromatic carbocycles. The maximum Gasteiger partial charge on any atom is 0.309 e. The largest absolute Gasteiger partial charge is 0.494 e. The third-order valence-electron chi connectivity index (χ3n) is 7.37. The van der Waals surface area contributed by atoms with Crippen molar-refractivity contribution < 1.29 is 24.2 Å². The predicted molar refractivity (Wildman–Crippen MR) is 137 cm³/mol. The number of aliphatic carboxylic acids is 1. The number of anilines is 3. The number of Topliss-reactive ketones (excluding diaryl/α,β-unsaturated/α-hetero) is 1. The molecule has 3 aliphatic rings. The summed E-state index contributed by atoms with van der Waals surface area (Å²) >= 11 is 6.37. The first-order valence-electron chi connectivity index (χ1n) is 12.2. The van der Waals surface area contributed by atoms with Crippen LogP contribution in [0.4, 0.5) is 17.5 Å². The number of hydrogen-bond acceptors (Lipinski definition) is 8. The van der Waals surface area contributed by atoms with Gasteiger partial charge in [-0.3, -0.25) is 14.4 Å². The Morgan fingerprint density at radius 3 is 2.73 bits per heavy atom. The molecule has 0 unspecified atom stereocenters. The summed E-state index contributed by atoms with van der Waals surface area (Å²) in [4.78, 5) is 45.3. The van der Waals surface area contributed by atoms with E-state index in [1.54, 1.807) is 6.07 Å². The molecule has 2 aromatic rings. The molecule has 10 nitrogen and oxygen atoms in total. The number of allylic oxidation sites excluding steroid dienone is 1. The number of nitrogens with one attached hydrogen (secondary N) is 3. The molecular formula is C26H28ClN5O5. The van der Waals surface area contributed by atoms with Gasteiger partial charge in [-0.05, 0) is 42.7 Å². The zero-order valence-electron chi connectivity index (χ0n) is 20.5. The number of carbonyl (C=O) groups excluding carboxylic acids is 2. The Morgan fingerprint density at radius 1 is 1.22 bits per heavy atom. The SMILES string of the molecule is COc1c(Nc2ncc(Cl)c(N[C@H]3[C@@H](C(=O)O)[C@@H]4C=C[C@H]3C4)n2)ccc2c1C(=O)C[C@@H](NC(C)=O)CC2. The minimum atomic E-state index is -0.849. The minimum absolute atomic E-state index is 0.00942. The predicted octanol–water partition coefficient (Wildman–Crippen LogP) is 3.59. The minimum Gasteiger partial charge on any atom is -0.494 e. The van der Waals surface area contributed by atoms with Gasteiger partial charge >= 0.3 is 5.97 Å². The molecule has 0 aliphatic heterocycles. The molecule has 0 radical (unpaired) electrons. The summed E-state index contributed by atoms with van der Waals surface area (Å²) in [5, 5.41) is 19.2. The second kappa shape index (κ2) is 10.0. The van der Waals surface area contributed by atoms with E-state index in [0.717, 1.165) is 12.0 Å². The van der Waals surface area contributed by atoms with E-state index in [0.29, 0.717) is 35.7 Å². The first-order chi connectivity index (χ1) is 17.7. The fourth-order valence-electron chi connectivity index (χ4n) is 5.78. The van der Waals surface area contributed by atoms with Crippen LogP contribution in [0.5, 0.6) is 5.75 Å². The summed E-state index contributed by atoms with van der Waals surface area (Å²) in [5.74, 6) is -0.688. The molecule has 1 fully saturated rings. The molecule has 1 heterocycles. The smallest absolute Gasteiger partial charge is 0.309 e. The molecule has 37 heavy (non-hydrogen) atoms. The number of carboxylic acid groups (broad SMARTS) is 1. The fraction of sp³-hybridized carbons (Fsp3) is 0.423. The van der Waals surface area contributed by atoms with E-state index in [2.05, 4.69) is 25.9 Å². The third kappa shape index (κ3) is 4.85. The number of benzene rings is 1. The molecule has 0 spiro atoms. The van der Waals surface area contributed by atoms with Gasteiger partial charge in [0.1, 0.15) is 5.02 Å². The maximum absolute atomic E-state index is 13.2. The number of carboxylic acids is 1. The summed E-state index contributed by atoms with van der Waals surface area (Å²) in [5.41, 5.74) is 1.83. The zero-order valence-corrected chi connectivity index (χ0v) is 21.2. The fourth-order valence-corrected chi connectivity index (χ4v) is 5.92. The van der Waals surface area contributed by atoms with E-state index in [1.165, 1.54) is 20.2 Å². The number of rotatable bonds is 7. The van der Waals surface area contributed by atoms with E-state index in [1.807, 2.05) is 18.2 Å². The van der Waals surface area contributed by atoms with Crippen molar-refractivity contribution in [2.75, 3.05) is 17.7 Å². The standard InChI is InChI=1S/C26H28ClN5O5/c1-12(33)29-16-7-5-13-6-8-18(23(37-2)20(13)19(34)10-16)30-26-28-11-17(27)24(32-26)31-22-15-4-3-14(9-15)21(22)25(35)36/h3-4,6,8,11,14-16,21-22H,5,7,9-10H2,1-2H3,(H,29,33)(H,35,36)(H2,28,30,31,32)/t14-,15+,16+,21+,22-/m1/s1. The van der Waals surface area contributed by atoms with Gasteiger partial charge in [-0.15, -0.1) is 0 Å². The lowest BCUT2D eigenvalue weighted by Gasteiger charge is -2.26. The number of aromatic nitrogens is 2. The number of ether oxygens (including phenoxy) is 1. The van der Waals surface area contributed by atoms with Crippen LogP contribution in [0, 0.1) is 17.8 Å². The molecule has 1 amide bonds. The second-order valence-electron chi connectivity index (χ2n) is 9.74. The zero-order chi connectivity index (χ0) is 26.3. The molecule has 5 atom stereocenters. The van der Waals surface area contributed by atoms with Gasteiger partial charge in [-0.25, -0.2) is 4.98 Å². The van der Waals surface area contributed by atoms with Crippen molar-refractivity contribution in [3.8, 4) is 5.75 Å². The summed E-state index contributed by atoms with van der Waals surface area (Å²) in [7, 11) is 1.49. The van der Waals surface area contributed by atoms with Crippen LogP contribution in [0.3, 0.4) is 0 Å². The van der Waals surface area contributed by atoms with Crippen LogP contribution in [-0.4, -0.2) is 51.9 Å². The lowest BCUT2D eigenvalue weighted by Crippen LogP contribution is -2.38. The highest BCUT2D eigenvalue weighted by atomic mass is 35.5. The monoisotopic (exact) mass is 525 g/mol. The maximum atomic E-state index is 13.2. The molecule has 4 N–H and O–H groups in total. The van der Waals surface area contributed by atoms with Gasteiger partial charge in [0.25, 0.3) is 0 Å². The molecule has 11 heteroatoms. The van der Waals surface area contributed by atoms with Gasteiger partial charge in [0.2, 0.25) is 11.9 Å². The van der Waals surface area contributed by atoms with E-state index >= 15 is 0 Å². The number of halogens is 1.